The molecule has 0 radical (unpaired) electrons. The summed E-state index contributed by atoms with van der Waals surface area (Å²) in [6, 6.07) is 24.4. The maximum atomic E-state index is 13.3. The normalized spacial score (nSPS) is 17.7. The summed E-state index contributed by atoms with van der Waals surface area (Å²) in [5.41, 5.74) is 2.01. The quantitative estimate of drug-likeness (QED) is 0.207. The molecule has 6 rings (SSSR count). The minimum absolute atomic E-state index is 0.0154. The van der Waals surface area contributed by atoms with E-state index in [0.29, 0.717) is 40.7 Å². The number of amides is 1. The molecule has 1 N–H and O–H groups in total. The van der Waals surface area contributed by atoms with E-state index in [1.54, 1.807) is 54.6 Å². The molecule has 2 aliphatic rings. The Bertz CT molecular complexity index is 1510. The fourth-order valence-corrected chi connectivity index (χ4v) is 4.65. The zero-order valence-electron chi connectivity index (χ0n) is 20.2. The first-order valence-corrected chi connectivity index (χ1v) is 12.1. The van der Waals surface area contributed by atoms with Crippen molar-refractivity contribution in [1.82, 2.24) is 4.90 Å². The topological polar surface area (TPSA) is 98.4 Å². The molecule has 38 heavy (non-hydrogen) atoms. The molecule has 1 unspecified atom stereocenters. The molecule has 0 spiro atoms. The number of hydrogen-bond acceptors (Lipinski definition) is 7. The predicted molar refractivity (Wildman–Crippen MR) is 136 cm³/mol. The first kappa shape index (κ1) is 23.4. The smallest absolute Gasteiger partial charge is 0.296 e. The van der Waals surface area contributed by atoms with Crippen LogP contribution in [0.5, 0.6) is 17.2 Å². The summed E-state index contributed by atoms with van der Waals surface area (Å²) in [6.07, 6.45) is 1.51. The van der Waals surface area contributed by atoms with Crippen molar-refractivity contribution in [1.29, 1.82) is 0 Å². The van der Waals surface area contributed by atoms with Gasteiger partial charge >= 0.3 is 0 Å². The van der Waals surface area contributed by atoms with Crippen LogP contribution in [-0.2, 0) is 22.7 Å². The van der Waals surface area contributed by atoms with Crippen LogP contribution in [0.25, 0.3) is 5.76 Å². The summed E-state index contributed by atoms with van der Waals surface area (Å²) in [5.74, 6) is 0.356. The number of fused-ring (bicyclic) bond motifs is 1. The van der Waals surface area contributed by atoms with Gasteiger partial charge in [0.2, 0.25) is 6.79 Å². The highest BCUT2D eigenvalue weighted by atomic mass is 16.7. The lowest BCUT2D eigenvalue weighted by Crippen LogP contribution is -2.29. The van der Waals surface area contributed by atoms with Gasteiger partial charge in [0.1, 0.15) is 23.9 Å². The van der Waals surface area contributed by atoms with Crippen molar-refractivity contribution in [2.45, 2.75) is 19.2 Å². The van der Waals surface area contributed by atoms with Gasteiger partial charge in [-0.3, -0.25) is 9.59 Å². The Morgan fingerprint density at radius 2 is 1.71 bits per heavy atom. The molecule has 8 nitrogen and oxygen atoms in total. The second-order valence-electron chi connectivity index (χ2n) is 8.92. The van der Waals surface area contributed by atoms with E-state index in [9.17, 15) is 14.7 Å². The summed E-state index contributed by atoms with van der Waals surface area (Å²) in [7, 11) is 0. The van der Waals surface area contributed by atoms with Crippen molar-refractivity contribution in [2.75, 3.05) is 6.79 Å². The summed E-state index contributed by atoms with van der Waals surface area (Å²) < 4.78 is 22.1. The van der Waals surface area contributed by atoms with Crippen LogP contribution in [0.2, 0.25) is 0 Å². The van der Waals surface area contributed by atoms with Crippen LogP contribution in [-0.4, -0.2) is 28.5 Å². The van der Waals surface area contributed by atoms with Crippen LogP contribution in [0.3, 0.4) is 0 Å². The van der Waals surface area contributed by atoms with E-state index in [1.807, 2.05) is 30.3 Å². The fourth-order valence-electron chi connectivity index (χ4n) is 4.65. The van der Waals surface area contributed by atoms with Gasteiger partial charge in [-0.25, -0.2) is 0 Å². The lowest BCUT2D eigenvalue weighted by atomic mass is 9.95. The molecule has 0 aliphatic carbocycles. The van der Waals surface area contributed by atoms with Gasteiger partial charge in [-0.2, -0.15) is 0 Å². The number of carbonyl (C=O) groups is 2. The Morgan fingerprint density at radius 1 is 0.921 bits per heavy atom. The minimum atomic E-state index is -0.839. The molecular weight excluding hydrogens is 486 g/mol. The number of likely N-dealkylation sites (tertiary alicyclic amines) is 1. The molecule has 1 saturated heterocycles. The van der Waals surface area contributed by atoms with Gasteiger partial charge < -0.3 is 28.6 Å². The van der Waals surface area contributed by atoms with E-state index in [-0.39, 0.29) is 24.7 Å². The number of ether oxygens (including phenoxy) is 3. The summed E-state index contributed by atoms with van der Waals surface area (Å²) >= 11 is 0. The first-order valence-electron chi connectivity index (χ1n) is 12.1. The Hall–Kier alpha value is -4.98. The molecule has 2 aliphatic heterocycles. The van der Waals surface area contributed by atoms with E-state index >= 15 is 0 Å². The van der Waals surface area contributed by atoms with E-state index in [0.717, 1.165) is 5.56 Å². The SMILES string of the molecule is O=C1C(=O)N(Cc2ccco2)C(c2ccc(OCc3ccccc3)cc2)/C1=C(/O)c1ccc2c(c1)OCO2. The standard InChI is InChI=1S/C30H23NO7/c32-28(21-10-13-24-25(15-21)38-18-37-24)26-27(31(30(34)29(26)33)16-23-7-4-14-35-23)20-8-11-22(12-9-20)36-17-19-5-2-1-3-6-19/h1-15,27,32H,16-18H2/b28-26-. The molecule has 0 bridgehead atoms. The molecule has 0 saturated carbocycles. The molecule has 4 aromatic rings. The molecule has 1 aromatic heterocycles. The average molecular weight is 510 g/mol. The number of hydrogen-bond donors (Lipinski definition) is 1. The van der Waals surface area contributed by atoms with Crippen LogP contribution in [0.1, 0.15) is 28.5 Å². The van der Waals surface area contributed by atoms with Crippen LogP contribution >= 0.6 is 0 Å². The van der Waals surface area contributed by atoms with Crippen LogP contribution in [0.4, 0.5) is 0 Å². The van der Waals surface area contributed by atoms with Gasteiger partial charge in [0.05, 0.1) is 24.4 Å². The van der Waals surface area contributed by atoms with Gasteiger partial charge in [0, 0.05) is 5.56 Å². The Balaban J connectivity index is 1.36. The van der Waals surface area contributed by atoms with Crippen molar-refractivity contribution in [3.05, 3.63) is 119 Å². The lowest BCUT2D eigenvalue weighted by molar-refractivity contribution is -0.140. The number of rotatable bonds is 7. The van der Waals surface area contributed by atoms with E-state index in [4.69, 9.17) is 18.6 Å². The lowest BCUT2D eigenvalue weighted by Gasteiger charge is -2.24. The van der Waals surface area contributed by atoms with Gasteiger partial charge in [-0.1, -0.05) is 42.5 Å². The molecule has 1 amide bonds. The summed E-state index contributed by atoms with van der Waals surface area (Å²) in [6.45, 7) is 0.541. The largest absolute Gasteiger partial charge is 0.507 e. The second-order valence-corrected chi connectivity index (χ2v) is 8.92. The molecule has 3 heterocycles. The highest BCUT2D eigenvalue weighted by Crippen LogP contribution is 2.42. The molecule has 1 atom stereocenters. The summed E-state index contributed by atoms with van der Waals surface area (Å²) in [4.78, 5) is 27.9. The van der Waals surface area contributed by atoms with Crippen LogP contribution < -0.4 is 14.2 Å². The van der Waals surface area contributed by atoms with Crippen molar-refractivity contribution >= 4 is 17.4 Å². The summed E-state index contributed by atoms with van der Waals surface area (Å²) in [5, 5.41) is 11.3. The van der Waals surface area contributed by atoms with Crippen LogP contribution in [0.15, 0.2) is 101 Å². The van der Waals surface area contributed by atoms with Gasteiger partial charge in [0.25, 0.3) is 11.7 Å². The predicted octanol–water partition coefficient (Wildman–Crippen LogP) is 5.21. The average Bonchev–Trinajstić information content (AvgIpc) is 3.70. The highest BCUT2D eigenvalue weighted by molar-refractivity contribution is 6.46. The zero-order valence-corrected chi connectivity index (χ0v) is 20.2. The van der Waals surface area contributed by atoms with Gasteiger partial charge in [-0.05, 0) is 53.6 Å². The molecule has 3 aromatic carbocycles. The number of aliphatic hydroxyl groups is 1. The number of nitrogens with zero attached hydrogens (tertiary/aromatic N) is 1. The number of Topliss-reactive ketones (excluding diaryl/α,β-unsaturated/α-hetero) is 1. The van der Waals surface area contributed by atoms with Crippen molar-refractivity contribution in [3.8, 4) is 17.2 Å². The monoisotopic (exact) mass is 509 g/mol. The Morgan fingerprint density at radius 3 is 2.47 bits per heavy atom. The third kappa shape index (κ3) is 4.37. The number of carbonyl (C=O) groups excluding carboxylic acids is 2. The highest BCUT2D eigenvalue weighted by Gasteiger charge is 2.46. The third-order valence-corrected chi connectivity index (χ3v) is 6.54. The number of furan rings is 1. The molecule has 190 valence electrons. The number of ketones is 1. The van der Waals surface area contributed by atoms with Crippen molar-refractivity contribution in [2.24, 2.45) is 0 Å². The fraction of sp³-hybridized carbons (Fsp3) is 0.133. The minimum Gasteiger partial charge on any atom is -0.507 e. The van der Waals surface area contributed by atoms with Crippen LogP contribution in [0, 0.1) is 0 Å². The Labute approximate surface area is 218 Å². The molecule has 1 fully saturated rings. The number of aliphatic hydroxyl groups excluding tert-OH is 1. The van der Waals surface area contributed by atoms with Gasteiger partial charge in [-0.15, -0.1) is 0 Å². The first-order chi connectivity index (χ1) is 18.6. The zero-order chi connectivity index (χ0) is 26.1. The third-order valence-electron chi connectivity index (χ3n) is 6.54. The molecular formula is C30H23NO7. The maximum Gasteiger partial charge on any atom is 0.296 e. The molecule has 8 heteroatoms. The van der Waals surface area contributed by atoms with Crippen molar-refractivity contribution in [3.63, 3.8) is 0 Å². The Kier molecular flexibility index (Phi) is 6.05. The van der Waals surface area contributed by atoms with Crippen molar-refractivity contribution < 1.29 is 33.3 Å². The van der Waals surface area contributed by atoms with E-state index in [1.165, 1.54) is 11.2 Å². The maximum absolute atomic E-state index is 13.3. The second kappa shape index (κ2) is 9.82. The number of benzene rings is 3. The van der Waals surface area contributed by atoms with Gasteiger partial charge in [0.15, 0.2) is 11.5 Å². The van der Waals surface area contributed by atoms with E-state index in [2.05, 4.69) is 0 Å². The van der Waals surface area contributed by atoms with E-state index < -0.39 is 17.7 Å².